The number of halogens is 1. The average molecular weight is 532 g/mol. The SMILES string of the molecule is CCNC(=NCCCOCC1CCCO1)NC1CCN(c2ccccc2OC)C1.I. The fourth-order valence-corrected chi connectivity index (χ4v) is 3.85. The monoisotopic (exact) mass is 532 g/mol. The molecule has 1 aromatic carbocycles. The number of hydrogen-bond donors (Lipinski definition) is 2. The number of aliphatic imine (C=N–C) groups is 1. The summed E-state index contributed by atoms with van der Waals surface area (Å²) in [6.07, 6.45) is 4.57. The van der Waals surface area contributed by atoms with Crippen LogP contribution in [0.5, 0.6) is 5.75 Å². The molecule has 0 bridgehead atoms. The zero-order valence-electron chi connectivity index (χ0n) is 18.3. The van der Waals surface area contributed by atoms with Crippen molar-refractivity contribution < 1.29 is 14.2 Å². The molecule has 1 aromatic rings. The van der Waals surface area contributed by atoms with Crippen LogP contribution < -0.4 is 20.3 Å². The predicted molar refractivity (Wildman–Crippen MR) is 133 cm³/mol. The number of benzene rings is 1. The molecule has 2 heterocycles. The van der Waals surface area contributed by atoms with Crippen molar-refractivity contribution in [2.24, 2.45) is 4.99 Å². The molecule has 0 aliphatic carbocycles. The van der Waals surface area contributed by atoms with Crippen molar-refractivity contribution in [3.05, 3.63) is 24.3 Å². The van der Waals surface area contributed by atoms with Gasteiger partial charge in [-0.05, 0) is 44.7 Å². The van der Waals surface area contributed by atoms with Crippen LogP contribution in [-0.4, -0.2) is 71.2 Å². The van der Waals surface area contributed by atoms with E-state index in [2.05, 4.69) is 34.6 Å². The van der Waals surface area contributed by atoms with E-state index >= 15 is 0 Å². The van der Waals surface area contributed by atoms with Gasteiger partial charge in [0, 0.05) is 45.4 Å². The van der Waals surface area contributed by atoms with Gasteiger partial charge in [-0.15, -0.1) is 24.0 Å². The molecule has 2 unspecified atom stereocenters. The summed E-state index contributed by atoms with van der Waals surface area (Å²) < 4.78 is 16.8. The first-order valence-electron chi connectivity index (χ1n) is 10.9. The molecule has 2 fully saturated rings. The molecule has 0 aromatic heterocycles. The lowest BCUT2D eigenvalue weighted by Crippen LogP contribution is -2.44. The van der Waals surface area contributed by atoms with Gasteiger partial charge in [-0.2, -0.15) is 0 Å². The fourth-order valence-electron chi connectivity index (χ4n) is 3.85. The predicted octanol–water partition coefficient (Wildman–Crippen LogP) is 3.03. The van der Waals surface area contributed by atoms with E-state index in [9.17, 15) is 0 Å². The first-order valence-corrected chi connectivity index (χ1v) is 10.9. The molecule has 2 saturated heterocycles. The molecule has 30 heavy (non-hydrogen) atoms. The first kappa shape index (κ1) is 25.0. The summed E-state index contributed by atoms with van der Waals surface area (Å²) in [7, 11) is 1.73. The zero-order chi connectivity index (χ0) is 20.3. The van der Waals surface area contributed by atoms with Gasteiger partial charge in [-0.3, -0.25) is 4.99 Å². The van der Waals surface area contributed by atoms with Crippen LogP contribution in [0.4, 0.5) is 5.69 Å². The van der Waals surface area contributed by atoms with Crippen molar-refractivity contribution in [3.63, 3.8) is 0 Å². The van der Waals surface area contributed by atoms with Gasteiger partial charge >= 0.3 is 0 Å². The molecular formula is C22H37IN4O3. The van der Waals surface area contributed by atoms with E-state index in [0.29, 0.717) is 18.8 Å². The number of para-hydroxylation sites is 2. The maximum Gasteiger partial charge on any atom is 0.191 e. The average Bonchev–Trinajstić information content (AvgIpc) is 3.43. The van der Waals surface area contributed by atoms with E-state index in [4.69, 9.17) is 19.2 Å². The van der Waals surface area contributed by atoms with Crippen molar-refractivity contribution in [2.45, 2.75) is 44.8 Å². The van der Waals surface area contributed by atoms with Gasteiger partial charge in [-0.25, -0.2) is 0 Å². The van der Waals surface area contributed by atoms with Crippen LogP contribution in [0, 0.1) is 0 Å². The maximum atomic E-state index is 5.72. The van der Waals surface area contributed by atoms with E-state index in [1.807, 2.05) is 12.1 Å². The Morgan fingerprint density at radius 1 is 1.30 bits per heavy atom. The van der Waals surface area contributed by atoms with E-state index < -0.39 is 0 Å². The summed E-state index contributed by atoms with van der Waals surface area (Å²) in [5.41, 5.74) is 1.16. The summed E-state index contributed by atoms with van der Waals surface area (Å²) in [5.74, 6) is 1.82. The highest BCUT2D eigenvalue weighted by Gasteiger charge is 2.25. The highest BCUT2D eigenvalue weighted by molar-refractivity contribution is 14.0. The lowest BCUT2D eigenvalue weighted by atomic mass is 10.2. The largest absolute Gasteiger partial charge is 0.495 e. The third-order valence-corrected chi connectivity index (χ3v) is 5.34. The zero-order valence-corrected chi connectivity index (χ0v) is 20.6. The van der Waals surface area contributed by atoms with Gasteiger partial charge in [0.25, 0.3) is 0 Å². The minimum Gasteiger partial charge on any atom is -0.495 e. The second kappa shape index (κ2) is 13.9. The van der Waals surface area contributed by atoms with Crippen LogP contribution in [-0.2, 0) is 9.47 Å². The molecule has 2 aliphatic rings. The Morgan fingerprint density at radius 3 is 2.93 bits per heavy atom. The van der Waals surface area contributed by atoms with Crippen molar-refractivity contribution in [3.8, 4) is 5.75 Å². The fraction of sp³-hybridized carbons (Fsp3) is 0.682. The third kappa shape index (κ3) is 7.77. The Kier molecular flexibility index (Phi) is 11.6. The van der Waals surface area contributed by atoms with Crippen molar-refractivity contribution in [1.29, 1.82) is 0 Å². The minimum absolute atomic E-state index is 0. The highest BCUT2D eigenvalue weighted by Crippen LogP contribution is 2.30. The topological polar surface area (TPSA) is 67.4 Å². The van der Waals surface area contributed by atoms with Gasteiger partial charge in [-0.1, -0.05) is 12.1 Å². The molecule has 0 spiro atoms. The number of nitrogens with zero attached hydrogens (tertiary/aromatic N) is 2. The van der Waals surface area contributed by atoms with E-state index in [1.165, 1.54) is 0 Å². The molecule has 0 saturated carbocycles. The van der Waals surface area contributed by atoms with Crippen LogP contribution in [0.15, 0.2) is 29.3 Å². The van der Waals surface area contributed by atoms with Crippen molar-refractivity contribution in [1.82, 2.24) is 10.6 Å². The van der Waals surface area contributed by atoms with Crippen LogP contribution in [0.2, 0.25) is 0 Å². The Morgan fingerprint density at radius 2 is 2.17 bits per heavy atom. The number of guanidine groups is 1. The lowest BCUT2D eigenvalue weighted by molar-refractivity contribution is 0.0171. The van der Waals surface area contributed by atoms with Crippen LogP contribution in [0.1, 0.15) is 32.6 Å². The van der Waals surface area contributed by atoms with Crippen LogP contribution >= 0.6 is 24.0 Å². The quantitative estimate of drug-likeness (QED) is 0.209. The van der Waals surface area contributed by atoms with Gasteiger partial charge in [0.05, 0.1) is 25.5 Å². The molecule has 3 rings (SSSR count). The van der Waals surface area contributed by atoms with Gasteiger partial charge in [0.15, 0.2) is 5.96 Å². The first-order chi connectivity index (χ1) is 14.3. The normalized spacial score (nSPS) is 21.4. The minimum atomic E-state index is 0. The van der Waals surface area contributed by atoms with E-state index in [-0.39, 0.29) is 24.0 Å². The number of nitrogens with one attached hydrogen (secondary N) is 2. The standard InChI is InChI=1S/C22H36N4O3.HI/c1-3-23-22(24-12-7-14-28-17-19-8-6-15-29-19)25-18-11-13-26(16-18)20-9-4-5-10-21(20)27-2;/h4-5,9-10,18-19H,3,6-8,11-17H2,1-2H3,(H2,23,24,25);1H. The van der Waals surface area contributed by atoms with Crippen molar-refractivity contribution >= 4 is 35.6 Å². The smallest absolute Gasteiger partial charge is 0.191 e. The number of anilines is 1. The molecule has 8 heteroatoms. The Labute approximate surface area is 197 Å². The lowest BCUT2D eigenvalue weighted by Gasteiger charge is -2.22. The summed E-state index contributed by atoms with van der Waals surface area (Å²) in [5, 5.41) is 6.94. The molecule has 170 valence electrons. The van der Waals surface area contributed by atoms with E-state index in [0.717, 1.165) is 82.5 Å². The number of methoxy groups -OCH3 is 1. The summed E-state index contributed by atoms with van der Waals surface area (Å²) in [6.45, 7) is 7.97. The summed E-state index contributed by atoms with van der Waals surface area (Å²) in [6, 6.07) is 8.58. The third-order valence-electron chi connectivity index (χ3n) is 5.34. The number of rotatable bonds is 10. The molecular weight excluding hydrogens is 495 g/mol. The van der Waals surface area contributed by atoms with Gasteiger partial charge in [0.2, 0.25) is 0 Å². The molecule has 2 aliphatic heterocycles. The van der Waals surface area contributed by atoms with Gasteiger partial charge in [0.1, 0.15) is 5.75 Å². The van der Waals surface area contributed by atoms with Crippen LogP contribution in [0.25, 0.3) is 0 Å². The molecule has 0 amide bonds. The Hall–Kier alpha value is -1.26. The van der Waals surface area contributed by atoms with E-state index in [1.54, 1.807) is 7.11 Å². The Bertz CT molecular complexity index is 641. The molecule has 7 nitrogen and oxygen atoms in total. The molecule has 2 N–H and O–H groups in total. The number of hydrogen-bond acceptors (Lipinski definition) is 5. The van der Waals surface area contributed by atoms with Crippen molar-refractivity contribution in [2.75, 3.05) is 58.0 Å². The highest BCUT2D eigenvalue weighted by atomic mass is 127. The second-order valence-electron chi connectivity index (χ2n) is 7.57. The van der Waals surface area contributed by atoms with Crippen LogP contribution in [0.3, 0.4) is 0 Å². The van der Waals surface area contributed by atoms with Gasteiger partial charge < -0.3 is 29.7 Å². The summed E-state index contributed by atoms with van der Waals surface area (Å²) >= 11 is 0. The number of ether oxygens (including phenoxy) is 3. The molecule has 0 radical (unpaired) electrons. The Balaban J connectivity index is 0.00000320. The second-order valence-corrected chi connectivity index (χ2v) is 7.57. The summed E-state index contributed by atoms with van der Waals surface area (Å²) in [4.78, 5) is 7.09. The molecule has 2 atom stereocenters. The maximum absolute atomic E-state index is 5.72.